The Hall–Kier alpha value is -10.3. The summed E-state index contributed by atoms with van der Waals surface area (Å²) in [5.41, 5.74) is 0. The Bertz CT molecular complexity index is 3920. The number of hydrogen-bond donors (Lipinski definition) is 4. The average molecular weight is 1840 g/mol. The van der Waals surface area contributed by atoms with E-state index in [9.17, 15) is 91.1 Å². The molecule has 49 heteroatoms. The van der Waals surface area contributed by atoms with Crippen molar-refractivity contribution in [1.82, 2.24) is 21.3 Å². The normalized spacial score (nSPS) is 31.7. The van der Waals surface area contributed by atoms with Gasteiger partial charge in [-0.1, -0.05) is 12.8 Å². The van der Waals surface area contributed by atoms with Gasteiger partial charge in [0.2, 0.25) is 11.8 Å². The maximum Gasteiger partial charge on any atom is 0.315 e. The van der Waals surface area contributed by atoms with E-state index >= 15 is 0 Å². The number of ether oxygens (including phenoxy) is 25. The van der Waals surface area contributed by atoms with E-state index < -0.39 is 288 Å². The lowest BCUT2D eigenvalue weighted by Gasteiger charge is -2.52. The molecule has 0 bridgehead atoms. The topological polar surface area (TPSA) is 603 Å². The molecule has 0 saturated carbocycles. The van der Waals surface area contributed by atoms with E-state index in [0.29, 0.717) is 19.3 Å². The monoisotopic (exact) mass is 1840 g/mol. The minimum absolute atomic E-state index is 0.0184. The molecule has 4 amide bonds. The van der Waals surface area contributed by atoms with Gasteiger partial charge in [-0.25, -0.2) is 4.79 Å². The zero-order valence-corrected chi connectivity index (χ0v) is 73.5. The molecule has 4 N–H and O–H groups in total. The molecule has 127 heavy (non-hydrogen) atoms. The standard InChI is InChI=1S/C78H110N4O44S/c1-32(83)102-26-49-58(107-37(6)88)63(112-42(11)93)68(73(118-49)81-56(100)24-18-17-21-25-79-55(99)23-20-19-22-54-57-48(31-127-54)80-78(101)82-57)126-77-72(117-47(16)98)67(62(111-41(10)92)53(122-77)30-106-36(5)87)125-76-71(116-46(15)97)66(61(110-40(9)91)52(121-76)29-105-35(4)86)124-75-70(115-45(14)96)65(60(109-39(8)90)51(120-75)28-104-34(3)85)123-74-69(114-44(13)95)64(113-43(12)94)59(108-38(7)89)50(119-74)27-103-33(2)84/h48-54,57-77H,17-31H2,1-16H3,(H,79,99)(H,81,100)(H2,80,82,101)/t48-,49?,50?,51?,52?,53?,54-,57-,58+,59+,60+,61+,62+,63+,64+,65-,66-,67-,68?,69?,70?,71?,72?,73-,74+,75+,76+,77+/m0/s1. The number of esters is 16. The van der Waals surface area contributed by atoms with Gasteiger partial charge < -0.3 is 140 Å². The highest BCUT2D eigenvalue weighted by Gasteiger charge is 2.64. The molecule has 0 aromatic heterocycles. The number of urea groups is 1. The first kappa shape index (κ1) is 104. The van der Waals surface area contributed by atoms with Crippen molar-refractivity contribution in [3.8, 4) is 0 Å². The molecule has 0 aromatic carbocycles. The third-order valence-corrected chi connectivity index (χ3v) is 21.0. The van der Waals surface area contributed by atoms with E-state index in [4.69, 9.17) is 118 Å². The van der Waals surface area contributed by atoms with Gasteiger partial charge in [-0.15, -0.1) is 0 Å². The van der Waals surface area contributed by atoms with Crippen LogP contribution in [-0.2, 0) is 205 Å². The second-order valence-corrected chi connectivity index (χ2v) is 31.4. The maximum atomic E-state index is 14.4. The molecule has 7 heterocycles. The van der Waals surface area contributed by atoms with Gasteiger partial charge in [0.25, 0.3) is 0 Å². The van der Waals surface area contributed by atoms with Crippen molar-refractivity contribution in [2.45, 2.75) is 333 Å². The summed E-state index contributed by atoms with van der Waals surface area (Å²) in [5, 5.41) is 11.6. The highest BCUT2D eigenvalue weighted by Crippen LogP contribution is 2.43. The van der Waals surface area contributed by atoms with Crippen LogP contribution in [0.25, 0.3) is 0 Å². The van der Waals surface area contributed by atoms with Crippen molar-refractivity contribution < 1.29 is 210 Å². The van der Waals surface area contributed by atoms with Gasteiger partial charge in [0.1, 0.15) is 88.0 Å². The summed E-state index contributed by atoms with van der Waals surface area (Å²) >= 11 is 1.76. The second kappa shape index (κ2) is 49.3. The molecule has 48 nitrogen and oxygen atoms in total. The van der Waals surface area contributed by atoms with E-state index in [1.54, 1.807) is 11.8 Å². The minimum atomic E-state index is -2.51. The Morgan fingerprint density at radius 1 is 0.307 bits per heavy atom. The van der Waals surface area contributed by atoms with E-state index in [-0.39, 0.29) is 55.1 Å². The van der Waals surface area contributed by atoms with Gasteiger partial charge in [-0.2, -0.15) is 11.8 Å². The summed E-state index contributed by atoms with van der Waals surface area (Å²) in [6.45, 7) is 9.96. The zero-order valence-electron chi connectivity index (χ0n) is 72.6. The lowest BCUT2D eigenvalue weighted by atomic mass is 9.94. The summed E-state index contributed by atoms with van der Waals surface area (Å²) in [6, 6.07) is -0.124. The molecule has 0 radical (unpaired) electrons. The van der Waals surface area contributed by atoms with Crippen LogP contribution in [0.1, 0.15) is 162 Å². The van der Waals surface area contributed by atoms with Gasteiger partial charge in [-0.3, -0.25) is 86.3 Å². The summed E-state index contributed by atoms with van der Waals surface area (Å²) in [6.07, 6.45) is -50.5. The number of nitrogens with one attached hydrogen (secondary N) is 4. The lowest BCUT2D eigenvalue weighted by Crippen LogP contribution is -2.70. The SMILES string of the molecule is CC(=O)OCC1O[C@H](OC2[C@@H](NC(=O)CCCCCNC(=O)CCCC[C@@H]3SC[C@@H]4NC(=O)N[C@@H]43)OC(COC(C)=O)[C@@H](OC(C)=O)[C@H]2OC(C)=O)C(OC(C)=O)[C@@H](O[C@H]2OC(COC(C)=O)[C@@H](OC(C)=O)[C@H](O[C@H]3OC(COC(C)=O)[C@@H](OC(C)=O)[C@H](O[C@H]4OC(COC(C)=O)[C@@H](OC(C)=O)[C@@H](OC(C)=O)C4OC(C)=O)C3OC(C)=O)C2OC(C)=O)[C@@H]1OC(C)=O. The summed E-state index contributed by atoms with van der Waals surface area (Å²) in [7, 11) is 0. The Kier molecular flexibility index (Phi) is 40.3. The first-order valence-corrected chi connectivity index (χ1v) is 41.6. The van der Waals surface area contributed by atoms with E-state index in [1.807, 2.05) is 0 Å². The fourth-order valence-electron chi connectivity index (χ4n) is 14.9. The molecule has 712 valence electrons. The molecule has 7 aliphatic rings. The van der Waals surface area contributed by atoms with Crippen LogP contribution in [0.5, 0.6) is 0 Å². The van der Waals surface area contributed by atoms with Crippen molar-refractivity contribution in [2.24, 2.45) is 0 Å². The van der Waals surface area contributed by atoms with Gasteiger partial charge in [0, 0.05) is 141 Å². The number of rotatable bonds is 41. The zero-order chi connectivity index (χ0) is 94.0. The van der Waals surface area contributed by atoms with E-state index in [2.05, 4.69) is 21.3 Å². The number of unbranched alkanes of at least 4 members (excludes halogenated alkanes) is 3. The van der Waals surface area contributed by atoms with Crippen LogP contribution in [0.4, 0.5) is 4.79 Å². The van der Waals surface area contributed by atoms with Crippen LogP contribution < -0.4 is 21.3 Å². The maximum absolute atomic E-state index is 14.4. The molecule has 7 fully saturated rings. The smallest absolute Gasteiger partial charge is 0.315 e. The third kappa shape index (κ3) is 32.2. The summed E-state index contributed by atoms with van der Waals surface area (Å²) in [5.74, 6) is -18.2. The molecular weight excluding hydrogens is 1730 g/mol. The third-order valence-electron chi connectivity index (χ3n) is 19.5. The number of fused-ring (bicyclic) bond motifs is 1. The second-order valence-electron chi connectivity index (χ2n) is 30.1. The number of amides is 4. The highest BCUT2D eigenvalue weighted by atomic mass is 32.2. The summed E-state index contributed by atoms with van der Waals surface area (Å²) in [4.78, 5) is 251. The number of thioether (sulfide) groups is 1. The van der Waals surface area contributed by atoms with Crippen molar-refractivity contribution in [3.05, 3.63) is 0 Å². The molecule has 0 aliphatic carbocycles. The van der Waals surface area contributed by atoms with Gasteiger partial charge in [0.05, 0.1) is 12.1 Å². The minimum Gasteiger partial charge on any atom is -0.463 e. The molecule has 28 atom stereocenters. The largest absolute Gasteiger partial charge is 0.463 e. The Balaban J connectivity index is 1.35. The number of carbonyl (C=O) groups excluding carboxylic acids is 19. The van der Waals surface area contributed by atoms with Crippen molar-refractivity contribution in [2.75, 3.05) is 45.3 Å². The van der Waals surface area contributed by atoms with Crippen LogP contribution in [0.15, 0.2) is 0 Å². The number of hydrogen-bond acceptors (Lipinski definition) is 45. The quantitative estimate of drug-likeness (QED) is 0.0240. The molecule has 7 aliphatic heterocycles. The van der Waals surface area contributed by atoms with Gasteiger partial charge in [-0.05, 0) is 25.7 Å². The van der Waals surface area contributed by atoms with Crippen LogP contribution in [0.3, 0.4) is 0 Å². The molecule has 10 unspecified atom stereocenters. The van der Waals surface area contributed by atoms with Crippen LogP contribution in [0, 0.1) is 0 Å². The van der Waals surface area contributed by atoms with E-state index in [0.717, 1.165) is 129 Å². The molecule has 7 rings (SSSR count). The Morgan fingerprint density at radius 3 is 0.913 bits per heavy atom. The fraction of sp³-hybridized carbons (Fsp3) is 0.756. The highest BCUT2D eigenvalue weighted by molar-refractivity contribution is 8.00. The van der Waals surface area contributed by atoms with Crippen LogP contribution in [-0.4, -0.2) is 329 Å². The predicted octanol–water partition coefficient (Wildman–Crippen LogP) is -1.27. The first-order chi connectivity index (χ1) is 59.9. The van der Waals surface area contributed by atoms with Crippen molar-refractivity contribution in [1.29, 1.82) is 0 Å². The fourth-order valence-corrected chi connectivity index (χ4v) is 16.4. The van der Waals surface area contributed by atoms with Gasteiger partial charge in [0.15, 0.2) is 98.5 Å². The summed E-state index contributed by atoms with van der Waals surface area (Å²) < 4.78 is 150. The van der Waals surface area contributed by atoms with Crippen molar-refractivity contribution >= 4 is 125 Å². The van der Waals surface area contributed by atoms with Crippen LogP contribution >= 0.6 is 11.8 Å². The Labute approximate surface area is 731 Å². The molecule has 0 aromatic rings. The molecular formula is C78H110N4O44S. The predicted molar refractivity (Wildman–Crippen MR) is 411 cm³/mol. The van der Waals surface area contributed by atoms with Crippen LogP contribution in [0.2, 0.25) is 0 Å². The van der Waals surface area contributed by atoms with Gasteiger partial charge >= 0.3 is 102 Å². The Morgan fingerprint density at radius 2 is 0.583 bits per heavy atom. The average Bonchev–Trinajstić information content (AvgIpc) is 1.40. The molecule has 7 saturated heterocycles. The first-order valence-electron chi connectivity index (χ1n) is 40.6. The van der Waals surface area contributed by atoms with Crippen molar-refractivity contribution in [3.63, 3.8) is 0 Å². The lowest BCUT2D eigenvalue weighted by molar-refractivity contribution is -0.394. The number of carbonyl (C=O) groups is 19. The molecule has 0 spiro atoms. The van der Waals surface area contributed by atoms with E-state index in [1.165, 1.54) is 0 Å².